The molecular weight excluding hydrogens is 442 g/mol. The van der Waals surface area contributed by atoms with E-state index in [1.54, 1.807) is 51.5 Å². The molecule has 0 spiro atoms. The minimum absolute atomic E-state index is 0.0141. The number of ether oxygens (including phenoxy) is 2. The van der Waals surface area contributed by atoms with Crippen LogP contribution in [0.5, 0.6) is 11.5 Å². The smallest absolute Gasteiger partial charge is 0.303 e. The van der Waals surface area contributed by atoms with Crippen molar-refractivity contribution in [1.29, 1.82) is 0 Å². The molecule has 1 atom stereocenters. The van der Waals surface area contributed by atoms with Gasteiger partial charge in [0.05, 0.1) is 19.0 Å². The van der Waals surface area contributed by atoms with Crippen molar-refractivity contribution in [2.75, 3.05) is 14.2 Å². The Kier molecular flexibility index (Phi) is 9.49. The van der Waals surface area contributed by atoms with Gasteiger partial charge in [-0.3, -0.25) is 4.79 Å². The molecule has 1 N–H and O–H groups in total. The van der Waals surface area contributed by atoms with Crippen LogP contribution in [0.15, 0.2) is 61.2 Å². The first kappa shape index (κ1) is 26.4. The van der Waals surface area contributed by atoms with Crippen LogP contribution in [0.2, 0.25) is 0 Å². The summed E-state index contributed by atoms with van der Waals surface area (Å²) in [6.45, 7) is 5.63. The number of nitrogens with zero attached hydrogens (tertiary/aromatic N) is 1. The van der Waals surface area contributed by atoms with Crippen molar-refractivity contribution in [1.82, 2.24) is 4.31 Å². The summed E-state index contributed by atoms with van der Waals surface area (Å²) in [6.07, 6.45) is 2.19. The lowest BCUT2D eigenvalue weighted by Gasteiger charge is -2.35. The SMILES string of the molecule is C=CCC[C@@](C)(CCC(=O)O)S(=O)(=O)N(Cc1ccc(OC)cc1)Cc1ccc(OC)cc1. The third kappa shape index (κ3) is 7.07. The molecule has 0 aliphatic heterocycles. The monoisotopic (exact) mass is 475 g/mol. The largest absolute Gasteiger partial charge is 0.497 e. The predicted molar refractivity (Wildman–Crippen MR) is 129 cm³/mol. The van der Waals surface area contributed by atoms with Gasteiger partial charge in [0.1, 0.15) is 11.5 Å². The number of carboxylic acids is 1. The van der Waals surface area contributed by atoms with Gasteiger partial charge in [0.25, 0.3) is 0 Å². The maximum atomic E-state index is 14.0. The van der Waals surface area contributed by atoms with Crippen LogP contribution in [0.25, 0.3) is 0 Å². The van der Waals surface area contributed by atoms with Crippen molar-refractivity contribution in [2.45, 2.75) is 50.4 Å². The Hall–Kier alpha value is -2.84. The molecule has 180 valence electrons. The summed E-state index contributed by atoms with van der Waals surface area (Å²) in [7, 11) is -0.754. The fourth-order valence-electron chi connectivity index (χ4n) is 3.57. The second-order valence-corrected chi connectivity index (χ2v) is 10.6. The number of carbonyl (C=O) groups is 1. The molecule has 0 saturated carbocycles. The number of hydrogen-bond donors (Lipinski definition) is 1. The predicted octanol–water partition coefficient (Wildman–Crippen LogP) is 4.63. The molecular formula is C25H33NO6S. The molecule has 2 aromatic carbocycles. The average Bonchev–Trinajstić information content (AvgIpc) is 2.81. The lowest BCUT2D eigenvalue weighted by molar-refractivity contribution is -0.137. The Morgan fingerprint density at radius 1 is 0.970 bits per heavy atom. The maximum absolute atomic E-state index is 14.0. The molecule has 0 fully saturated rings. The Morgan fingerprint density at radius 3 is 1.79 bits per heavy atom. The van der Waals surface area contributed by atoms with E-state index in [0.717, 1.165) is 11.1 Å². The van der Waals surface area contributed by atoms with Crippen LogP contribution in [0.1, 0.15) is 43.7 Å². The summed E-state index contributed by atoms with van der Waals surface area (Å²) < 4.78 is 38.5. The van der Waals surface area contributed by atoms with Gasteiger partial charge in [-0.1, -0.05) is 30.3 Å². The van der Waals surface area contributed by atoms with E-state index in [4.69, 9.17) is 9.47 Å². The summed E-state index contributed by atoms with van der Waals surface area (Å²) in [5, 5.41) is 9.22. The van der Waals surface area contributed by atoms with Gasteiger partial charge in [0.2, 0.25) is 10.0 Å². The maximum Gasteiger partial charge on any atom is 0.303 e. The van der Waals surface area contributed by atoms with E-state index in [-0.39, 0.29) is 32.4 Å². The van der Waals surface area contributed by atoms with Crippen molar-refractivity contribution in [3.63, 3.8) is 0 Å². The highest BCUT2D eigenvalue weighted by Gasteiger charge is 2.42. The number of rotatable bonds is 14. The normalized spacial score (nSPS) is 13.3. The van der Waals surface area contributed by atoms with E-state index in [1.807, 2.05) is 24.3 Å². The third-order valence-electron chi connectivity index (χ3n) is 5.74. The molecule has 0 heterocycles. The highest BCUT2D eigenvalue weighted by atomic mass is 32.2. The molecule has 0 radical (unpaired) electrons. The summed E-state index contributed by atoms with van der Waals surface area (Å²) >= 11 is 0. The number of benzene rings is 2. The Morgan fingerprint density at radius 2 is 1.42 bits per heavy atom. The number of sulfonamides is 1. The van der Waals surface area contributed by atoms with Gasteiger partial charge in [-0.15, -0.1) is 6.58 Å². The minimum Gasteiger partial charge on any atom is -0.497 e. The first-order valence-corrected chi connectivity index (χ1v) is 12.2. The van der Waals surface area contributed by atoms with Crippen molar-refractivity contribution >= 4 is 16.0 Å². The van der Waals surface area contributed by atoms with Crippen LogP contribution >= 0.6 is 0 Å². The van der Waals surface area contributed by atoms with Crippen LogP contribution < -0.4 is 9.47 Å². The molecule has 8 heteroatoms. The topological polar surface area (TPSA) is 93.1 Å². The molecule has 0 bridgehead atoms. The van der Waals surface area contributed by atoms with Crippen LogP contribution in [0.4, 0.5) is 0 Å². The van der Waals surface area contributed by atoms with E-state index in [9.17, 15) is 18.3 Å². The molecule has 0 aromatic heterocycles. The van der Waals surface area contributed by atoms with Gasteiger partial charge >= 0.3 is 5.97 Å². The Bertz CT molecular complexity index is 968. The fourth-order valence-corrected chi connectivity index (χ4v) is 5.57. The van der Waals surface area contributed by atoms with Crippen molar-refractivity contribution in [3.05, 3.63) is 72.3 Å². The molecule has 0 aliphatic rings. The van der Waals surface area contributed by atoms with Gasteiger partial charge in [0, 0.05) is 19.5 Å². The van der Waals surface area contributed by atoms with E-state index in [1.165, 1.54) is 4.31 Å². The molecule has 7 nitrogen and oxygen atoms in total. The molecule has 0 unspecified atom stereocenters. The van der Waals surface area contributed by atoms with Crippen molar-refractivity contribution < 1.29 is 27.8 Å². The second kappa shape index (κ2) is 11.9. The minimum atomic E-state index is -3.90. The molecule has 2 rings (SSSR count). The van der Waals surface area contributed by atoms with Crippen LogP contribution in [-0.2, 0) is 27.9 Å². The number of carboxylic acid groups (broad SMARTS) is 1. The van der Waals surface area contributed by atoms with Crippen LogP contribution in [-0.4, -0.2) is 42.8 Å². The zero-order valence-corrected chi connectivity index (χ0v) is 20.3. The zero-order chi connectivity index (χ0) is 24.5. The quantitative estimate of drug-likeness (QED) is 0.401. The highest BCUT2D eigenvalue weighted by molar-refractivity contribution is 7.90. The molecule has 0 aliphatic carbocycles. The average molecular weight is 476 g/mol. The zero-order valence-electron chi connectivity index (χ0n) is 19.5. The van der Waals surface area contributed by atoms with Gasteiger partial charge < -0.3 is 14.6 Å². The van der Waals surface area contributed by atoms with Gasteiger partial charge in [-0.2, -0.15) is 4.31 Å². The summed E-state index contributed by atoms with van der Waals surface area (Å²) in [5.41, 5.74) is 1.61. The summed E-state index contributed by atoms with van der Waals surface area (Å²) in [6, 6.07) is 14.5. The van der Waals surface area contributed by atoms with Crippen molar-refractivity contribution in [3.8, 4) is 11.5 Å². The first-order chi connectivity index (χ1) is 15.6. The summed E-state index contributed by atoms with van der Waals surface area (Å²) in [5.74, 6) is 0.341. The van der Waals surface area contributed by atoms with Crippen LogP contribution in [0.3, 0.4) is 0 Å². The van der Waals surface area contributed by atoms with Gasteiger partial charge in [0.15, 0.2) is 0 Å². The van der Waals surface area contributed by atoms with E-state index >= 15 is 0 Å². The summed E-state index contributed by atoms with van der Waals surface area (Å²) in [4.78, 5) is 11.3. The van der Waals surface area contributed by atoms with Gasteiger partial charge in [-0.25, -0.2) is 8.42 Å². The first-order valence-electron chi connectivity index (χ1n) is 10.7. The molecule has 33 heavy (non-hydrogen) atoms. The van der Waals surface area contributed by atoms with Crippen molar-refractivity contribution in [2.24, 2.45) is 0 Å². The lowest BCUT2D eigenvalue weighted by Crippen LogP contribution is -2.46. The Balaban J connectivity index is 2.45. The highest BCUT2D eigenvalue weighted by Crippen LogP contribution is 2.34. The van der Waals surface area contributed by atoms with Crippen LogP contribution in [0, 0.1) is 0 Å². The lowest BCUT2D eigenvalue weighted by atomic mass is 9.98. The molecule has 0 saturated heterocycles. The molecule has 2 aromatic rings. The van der Waals surface area contributed by atoms with E-state index < -0.39 is 20.7 Å². The fraction of sp³-hybridized carbons (Fsp3) is 0.400. The van der Waals surface area contributed by atoms with Gasteiger partial charge in [-0.05, 0) is 61.6 Å². The van der Waals surface area contributed by atoms with E-state index in [2.05, 4.69) is 6.58 Å². The molecule has 0 amide bonds. The standard InChI is InChI=1S/C25H33NO6S/c1-5-6-16-25(2,17-15-24(27)28)33(29,30)26(18-20-7-11-22(31-3)12-8-20)19-21-9-13-23(32-4)14-10-21/h5,7-14H,1,6,15-19H2,2-4H3,(H,27,28)/t25-/m0/s1. The number of hydrogen-bond acceptors (Lipinski definition) is 5. The van der Waals surface area contributed by atoms with E-state index in [0.29, 0.717) is 17.9 Å². The number of aliphatic carboxylic acids is 1. The number of methoxy groups -OCH3 is 2. The second-order valence-electron chi connectivity index (χ2n) is 8.14. The number of allylic oxidation sites excluding steroid dienone is 1. The third-order valence-corrected chi connectivity index (χ3v) is 8.34. The Labute approximate surface area is 196 Å².